The molecule has 0 aliphatic carbocycles. The van der Waals surface area contributed by atoms with Gasteiger partial charge in [0.2, 0.25) is 0 Å². The Hall–Kier alpha value is -1.74. The molecule has 0 saturated heterocycles. The minimum atomic E-state index is 0.320. The molecule has 0 aromatic heterocycles. The normalized spacial score (nSPS) is 20.9. The smallest absolute Gasteiger partial charge is 0.165 e. The van der Waals surface area contributed by atoms with Gasteiger partial charge >= 0.3 is 0 Å². The maximum absolute atomic E-state index is 4.98. The third kappa shape index (κ3) is 2.12. The van der Waals surface area contributed by atoms with E-state index in [1.54, 1.807) is 0 Å². The van der Waals surface area contributed by atoms with Crippen LogP contribution >= 0.6 is 11.8 Å². The molecule has 0 bridgehead atoms. The summed E-state index contributed by atoms with van der Waals surface area (Å²) in [7, 11) is 0. The molecule has 2 nitrogen and oxygen atoms in total. The molecule has 0 amide bonds. The Morgan fingerprint density at radius 1 is 1.00 bits per heavy atom. The summed E-state index contributed by atoms with van der Waals surface area (Å²) in [5.41, 5.74) is 2.76. The highest BCUT2D eigenvalue weighted by Gasteiger charge is 2.27. The minimum Gasteiger partial charge on any atom is -0.347 e. The van der Waals surface area contributed by atoms with Crippen LogP contribution in [-0.2, 0) is 6.54 Å². The lowest BCUT2D eigenvalue weighted by molar-refractivity contribution is 0.363. The number of aliphatic imine (C=N–C) groups is 1. The predicted octanol–water partition coefficient (Wildman–Crippen LogP) is 4.10. The van der Waals surface area contributed by atoms with Crippen molar-refractivity contribution in [3.8, 4) is 0 Å². The van der Waals surface area contributed by atoms with Gasteiger partial charge in [0.1, 0.15) is 0 Å². The lowest BCUT2D eigenvalue weighted by Crippen LogP contribution is -2.36. The Bertz CT molecular complexity index is 651. The molecule has 3 heteroatoms. The van der Waals surface area contributed by atoms with Gasteiger partial charge in [-0.25, -0.2) is 0 Å². The van der Waals surface area contributed by atoms with E-state index in [1.165, 1.54) is 21.2 Å². The van der Waals surface area contributed by atoms with Crippen molar-refractivity contribution in [1.29, 1.82) is 0 Å². The van der Waals surface area contributed by atoms with Gasteiger partial charge < -0.3 is 4.90 Å². The fourth-order valence-corrected chi connectivity index (χ4v) is 3.92. The Balaban J connectivity index is 1.66. The second kappa shape index (κ2) is 4.98. The summed E-state index contributed by atoms with van der Waals surface area (Å²) >= 11 is 1.82. The van der Waals surface area contributed by atoms with Crippen molar-refractivity contribution in [3.63, 3.8) is 0 Å². The molecule has 4 rings (SSSR count). The molecule has 0 fully saturated rings. The molecule has 20 heavy (non-hydrogen) atoms. The molecule has 1 unspecified atom stereocenters. The van der Waals surface area contributed by atoms with Gasteiger partial charge in [0.15, 0.2) is 5.17 Å². The number of hydrogen-bond donors (Lipinski definition) is 0. The fraction of sp³-hybridized carbons (Fsp3) is 0.235. The largest absolute Gasteiger partial charge is 0.347 e. The quantitative estimate of drug-likeness (QED) is 0.781. The number of hydrogen-bond acceptors (Lipinski definition) is 3. The van der Waals surface area contributed by atoms with Gasteiger partial charge in [0.25, 0.3) is 0 Å². The average molecular weight is 280 g/mol. The zero-order valence-corrected chi connectivity index (χ0v) is 12.0. The van der Waals surface area contributed by atoms with E-state index in [9.17, 15) is 0 Å². The van der Waals surface area contributed by atoms with Crippen molar-refractivity contribution in [2.75, 3.05) is 6.54 Å². The van der Waals surface area contributed by atoms with Crippen LogP contribution in [-0.4, -0.2) is 16.6 Å². The van der Waals surface area contributed by atoms with Crippen molar-refractivity contribution >= 4 is 16.9 Å². The van der Waals surface area contributed by atoms with E-state index in [0.717, 1.165) is 19.5 Å². The van der Waals surface area contributed by atoms with E-state index in [1.807, 2.05) is 11.8 Å². The molecule has 2 aliphatic rings. The SMILES string of the molecule is c1ccc(C2CCN3Cc4ccccc4SC3=N2)cc1. The first-order valence-electron chi connectivity index (χ1n) is 7.03. The van der Waals surface area contributed by atoms with Crippen LogP contribution < -0.4 is 0 Å². The molecular weight excluding hydrogens is 264 g/mol. The highest BCUT2D eigenvalue weighted by molar-refractivity contribution is 8.13. The van der Waals surface area contributed by atoms with Gasteiger partial charge in [0.05, 0.1) is 6.04 Å². The first kappa shape index (κ1) is 12.0. The van der Waals surface area contributed by atoms with Crippen molar-refractivity contribution in [1.82, 2.24) is 4.90 Å². The Morgan fingerprint density at radius 2 is 1.80 bits per heavy atom. The van der Waals surface area contributed by atoms with E-state index < -0.39 is 0 Å². The molecule has 2 heterocycles. The molecule has 1 atom stereocenters. The van der Waals surface area contributed by atoms with Crippen LogP contribution in [0.3, 0.4) is 0 Å². The molecule has 0 saturated carbocycles. The second-order valence-electron chi connectivity index (χ2n) is 5.26. The molecule has 2 aliphatic heterocycles. The summed E-state index contributed by atoms with van der Waals surface area (Å²) in [4.78, 5) is 8.75. The van der Waals surface area contributed by atoms with Crippen LogP contribution in [0.5, 0.6) is 0 Å². The number of rotatable bonds is 1. The van der Waals surface area contributed by atoms with Crippen molar-refractivity contribution in [2.45, 2.75) is 23.9 Å². The number of thioether (sulfide) groups is 1. The van der Waals surface area contributed by atoms with E-state index in [4.69, 9.17) is 4.99 Å². The van der Waals surface area contributed by atoms with E-state index in [-0.39, 0.29) is 0 Å². The van der Waals surface area contributed by atoms with E-state index >= 15 is 0 Å². The van der Waals surface area contributed by atoms with Crippen LogP contribution in [0.4, 0.5) is 0 Å². The maximum Gasteiger partial charge on any atom is 0.165 e. The molecule has 0 N–H and O–H groups in total. The molecule has 0 radical (unpaired) electrons. The monoisotopic (exact) mass is 280 g/mol. The zero-order chi connectivity index (χ0) is 13.4. The zero-order valence-electron chi connectivity index (χ0n) is 11.2. The molecular formula is C17H16N2S. The van der Waals surface area contributed by atoms with Crippen LogP contribution in [0.2, 0.25) is 0 Å². The van der Waals surface area contributed by atoms with E-state index in [2.05, 4.69) is 59.5 Å². The third-order valence-electron chi connectivity index (χ3n) is 3.93. The van der Waals surface area contributed by atoms with Gasteiger partial charge in [-0.1, -0.05) is 60.3 Å². The van der Waals surface area contributed by atoms with Crippen molar-refractivity contribution < 1.29 is 0 Å². The highest BCUT2D eigenvalue weighted by Crippen LogP contribution is 2.37. The maximum atomic E-state index is 4.98. The number of nitrogens with zero attached hydrogens (tertiary/aromatic N) is 2. The molecule has 2 aromatic carbocycles. The Kier molecular flexibility index (Phi) is 3.00. The summed E-state index contributed by atoms with van der Waals surface area (Å²) in [5, 5.41) is 1.18. The van der Waals surface area contributed by atoms with Gasteiger partial charge in [0, 0.05) is 18.0 Å². The predicted molar refractivity (Wildman–Crippen MR) is 83.9 cm³/mol. The van der Waals surface area contributed by atoms with Gasteiger partial charge in [-0.2, -0.15) is 0 Å². The summed E-state index contributed by atoms with van der Waals surface area (Å²) in [5.74, 6) is 0. The Morgan fingerprint density at radius 3 is 2.70 bits per heavy atom. The first-order valence-corrected chi connectivity index (χ1v) is 7.85. The highest BCUT2D eigenvalue weighted by atomic mass is 32.2. The topological polar surface area (TPSA) is 15.6 Å². The summed E-state index contributed by atoms with van der Waals surface area (Å²) in [6.07, 6.45) is 1.11. The lowest BCUT2D eigenvalue weighted by Gasteiger charge is -2.36. The summed E-state index contributed by atoms with van der Waals surface area (Å²) in [6, 6.07) is 19.6. The average Bonchev–Trinajstić information content (AvgIpc) is 2.53. The number of benzene rings is 2. The number of fused-ring (bicyclic) bond motifs is 2. The van der Waals surface area contributed by atoms with Gasteiger partial charge in [-0.15, -0.1) is 0 Å². The lowest BCUT2D eigenvalue weighted by atomic mass is 10.0. The first-order chi connectivity index (χ1) is 9.90. The van der Waals surface area contributed by atoms with E-state index in [0.29, 0.717) is 6.04 Å². The minimum absolute atomic E-state index is 0.320. The van der Waals surface area contributed by atoms with Crippen LogP contribution in [0.1, 0.15) is 23.6 Å². The second-order valence-corrected chi connectivity index (χ2v) is 6.27. The summed E-state index contributed by atoms with van der Waals surface area (Å²) in [6.45, 7) is 2.10. The van der Waals surface area contributed by atoms with Gasteiger partial charge in [-0.05, 0) is 23.6 Å². The van der Waals surface area contributed by atoms with Crippen LogP contribution in [0.25, 0.3) is 0 Å². The fourth-order valence-electron chi connectivity index (χ4n) is 2.85. The van der Waals surface area contributed by atoms with Crippen LogP contribution in [0, 0.1) is 0 Å². The third-order valence-corrected chi connectivity index (χ3v) is 5.09. The van der Waals surface area contributed by atoms with Crippen molar-refractivity contribution in [2.24, 2.45) is 4.99 Å². The van der Waals surface area contributed by atoms with Crippen molar-refractivity contribution in [3.05, 3.63) is 65.7 Å². The van der Waals surface area contributed by atoms with Gasteiger partial charge in [-0.3, -0.25) is 4.99 Å². The van der Waals surface area contributed by atoms with Crippen LogP contribution in [0.15, 0.2) is 64.5 Å². The Labute approximate surface area is 123 Å². The molecule has 100 valence electrons. The standard InChI is InChI=1S/C17H16N2S/c1-2-6-13(7-3-1)15-10-11-19-12-14-8-4-5-9-16(14)20-17(19)18-15/h1-9,15H,10-12H2. The molecule has 2 aromatic rings. The summed E-state index contributed by atoms with van der Waals surface area (Å²) < 4.78 is 0. The molecule has 0 spiro atoms. The number of amidine groups is 1.